The normalized spacial score (nSPS) is 15.7. The van der Waals surface area contributed by atoms with E-state index in [1.165, 1.54) is 0 Å². The van der Waals surface area contributed by atoms with E-state index in [-0.39, 0.29) is 6.42 Å². The molecule has 0 aliphatic carbocycles. The van der Waals surface area contributed by atoms with E-state index in [1.54, 1.807) is 13.8 Å². The number of hydrogen-bond acceptors (Lipinski definition) is 9. The summed E-state index contributed by atoms with van der Waals surface area (Å²) in [6.07, 6.45) is -5.75. The van der Waals surface area contributed by atoms with Gasteiger partial charge >= 0.3 is 18.1 Å². The Morgan fingerprint density at radius 3 is 1.89 bits per heavy atom. The minimum atomic E-state index is -5.19. The number of carbonyl (C=O) groups is 5. The molecule has 0 spiro atoms. The highest BCUT2D eigenvalue weighted by molar-refractivity contribution is 7.85. The Kier molecular flexibility index (Phi) is 15.3. The largest absolute Gasteiger partial charge is 0.542 e. The van der Waals surface area contributed by atoms with Crippen LogP contribution in [-0.4, -0.2) is 88.2 Å². The lowest BCUT2D eigenvalue weighted by atomic mass is 9.97. The van der Waals surface area contributed by atoms with Crippen molar-refractivity contribution in [3.05, 3.63) is 0 Å². The number of carbonyl (C=O) groups excluding carboxylic acids is 3. The molecule has 14 nitrogen and oxygen atoms in total. The smallest absolute Gasteiger partial charge is 0.430 e. The number of hydrogen-bond donors (Lipinski definition) is 7. The zero-order chi connectivity index (χ0) is 29.0. The number of carboxylic acids is 3. The van der Waals surface area contributed by atoms with Gasteiger partial charge in [0, 0.05) is 6.42 Å². The quantitative estimate of drug-likeness (QED) is 0.0868. The van der Waals surface area contributed by atoms with Crippen molar-refractivity contribution in [1.82, 2.24) is 10.6 Å². The minimum absolute atomic E-state index is 0.152. The van der Waals surface area contributed by atoms with Crippen molar-refractivity contribution in [2.24, 2.45) is 5.92 Å². The Bertz CT molecular complexity index is 900. The lowest BCUT2D eigenvalue weighted by Gasteiger charge is -2.26. The van der Waals surface area contributed by atoms with Gasteiger partial charge in [0.05, 0.1) is 12.2 Å². The molecule has 0 unspecified atom stereocenters. The van der Waals surface area contributed by atoms with Gasteiger partial charge in [-0.1, -0.05) is 20.3 Å². The van der Waals surface area contributed by atoms with Crippen LogP contribution in [0.1, 0.15) is 33.1 Å². The predicted octanol–water partition coefficient (Wildman–Crippen LogP) is -2.95. The molecule has 0 bridgehead atoms. The van der Waals surface area contributed by atoms with E-state index >= 15 is 0 Å². The van der Waals surface area contributed by atoms with Gasteiger partial charge in [0.1, 0.15) is 29.3 Å². The number of aliphatic carboxylic acids is 3. The minimum Gasteiger partial charge on any atom is -0.542 e. The summed E-state index contributed by atoms with van der Waals surface area (Å²) in [5.41, 5.74) is 3.63. The lowest BCUT2D eigenvalue weighted by molar-refractivity contribution is -0.416. The van der Waals surface area contributed by atoms with Crippen LogP contribution >= 0.6 is 12.6 Å². The molecule has 8 N–H and O–H groups in total. The maximum atomic E-state index is 12.5. The molecule has 36 heavy (non-hydrogen) atoms. The Labute approximate surface area is 208 Å². The Hall–Kier alpha value is -2.64. The summed E-state index contributed by atoms with van der Waals surface area (Å²) < 4.78 is 62.0. The second kappa shape index (κ2) is 15.5. The number of amides is 2. The topological polar surface area (TPSA) is 255 Å². The van der Waals surface area contributed by atoms with E-state index < -0.39 is 87.5 Å². The van der Waals surface area contributed by atoms with Crippen molar-refractivity contribution in [3.8, 4) is 0 Å². The monoisotopic (exact) mass is 571 g/mol. The van der Waals surface area contributed by atoms with Crippen LogP contribution in [0.15, 0.2) is 0 Å². The number of rotatable bonds is 13. The van der Waals surface area contributed by atoms with Gasteiger partial charge in [-0.2, -0.15) is 34.2 Å². The van der Waals surface area contributed by atoms with E-state index in [4.69, 9.17) is 24.7 Å². The zero-order valence-electron chi connectivity index (χ0n) is 19.0. The highest BCUT2D eigenvalue weighted by Crippen LogP contribution is 2.12. The number of quaternary nitrogens is 1. The van der Waals surface area contributed by atoms with Crippen LogP contribution in [0.2, 0.25) is 0 Å². The summed E-state index contributed by atoms with van der Waals surface area (Å²) >= 11 is 4.08. The van der Waals surface area contributed by atoms with Crippen molar-refractivity contribution in [2.75, 3.05) is 5.75 Å². The summed E-state index contributed by atoms with van der Waals surface area (Å²) in [6.45, 7) is 3.36. The van der Waals surface area contributed by atoms with Crippen LogP contribution in [0, 0.1) is 5.92 Å². The molecule has 0 fully saturated rings. The molecule has 0 rings (SSSR count). The fourth-order valence-electron chi connectivity index (χ4n) is 2.25. The first-order valence-corrected chi connectivity index (χ1v) is 12.1. The highest BCUT2D eigenvalue weighted by atomic mass is 32.2. The predicted molar refractivity (Wildman–Crippen MR) is 115 cm³/mol. The number of thiol groups is 1. The van der Waals surface area contributed by atoms with Crippen LogP contribution in [0.5, 0.6) is 0 Å². The van der Waals surface area contributed by atoms with Crippen LogP contribution in [0.4, 0.5) is 13.2 Å². The SMILES string of the molecule is CC[C@H](C)[C@H](NC(=O)[C@@H](S)[C@@H]([NH3+])CCS(=O)(=O)O)C(=O)N[C@@H](CC(=O)O)C(=O)O.O=C([O-])C(F)(F)F. The molecule has 0 radical (unpaired) electrons. The molecule has 210 valence electrons. The van der Waals surface area contributed by atoms with Crippen molar-refractivity contribution < 1.29 is 71.2 Å². The van der Waals surface area contributed by atoms with Crippen molar-refractivity contribution in [1.29, 1.82) is 0 Å². The van der Waals surface area contributed by atoms with Gasteiger partial charge in [-0.05, 0) is 5.92 Å². The number of alkyl halides is 3. The molecule has 0 aromatic rings. The maximum absolute atomic E-state index is 12.5. The molecular formula is C17H28F3N3O11S2. The Morgan fingerprint density at radius 2 is 1.56 bits per heavy atom. The van der Waals surface area contributed by atoms with Crippen LogP contribution < -0.4 is 21.5 Å². The number of nitrogens with one attached hydrogen (secondary N) is 2. The molecule has 0 aromatic heterocycles. The van der Waals surface area contributed by atoms with Gasteiger partial charge in [0.2, 0.25) is 11.8 Å². The standard InChI is InChI=1S/C15H27N3O9S2.C2HF3O2/c1-3-7(2)11(13(21)17-9(15(23)24)6-10(19)20)18-14(22)12(28)8(16)4-5-29(25,26)27;3-2(4,5)1(6)7/h7-9,11-12,28H,3-6,16H2,1-2H3,(H,17,21)(H,18,22)(H,19,20)(H,23,24)(H,25,26,27);(H,6,7)/t7-,8-,9-,11-,12-;/m0./s1. The third-order valence-corrected chi connectivity index (χ3v) is 5.89. The maximum Gasteiger partial charge on any atom is 0.430 e. The van der Waals surface area contributed by atoms with Crippen LogP contribution in [-0.2, 0) is 34.1 Å². The molecule has 0 heterocycles. The molecule has 0 aromatic carbocycles. The van der Waals surface area contributed by atoms with Crippen LogP contribution in [0.25, 0.3) is 0 Å². The first kappa shape index (κ1) is 35.5. The molecular weight excluding hydrogens is 543 g/mol. The summed E-state index contributed by atoms with van der Waals surface area (Å²) in [4.78, 5) is 55.6. The summed E-state index contributed by atoms with van der Waals surface area (Å²) in [5.74, 6) is -8.63. The van der Waals surface area contributed by atoms with Gasteiger partial charge in [-0.3, -0.25) is 18.9 Å². The van der Waals surface area contributed by atoms with Crippen LogP contribution in [0.3, 0.4) is 0 Å². The molecule has 2 amide bonds. The van der Waals surface area contributed by atoms with E-state index in [9.17, 15) is 40.8 Å². The summed E-state index contributed by atoms with van der Waals surface area (Å²) in [6, 6.07) is -3.66. The van der Waals surface area contributed by atoms with E-state index in [0.717, 1.165) is 0 Å². The second-order valence-corrected chi connectivity index (χ2v) is 9.56. The first-order chi connectivity index (χ1) is 16.1. The molecule has 0 saturated heterocycles. The highest BCUT2D eigenvalue weighted by Gasteiger charge is 2.34. The molecule has 5 atom stereocenters. The summed E-state index contributed by atoms with van der Waals surface area (Å²) in [7, 11) is -4.24. The van der Waals surface area contributed by atoms with Gasteiger partial charge < -0.3 is 36.5 Å². The van der Waals surface area contributed by atoms with Gasteiger partial charge in [-0.15, -0.1) is 0 Å². The van der Waals surface area contributed by atoms with Crippen molar-refractivity contribution in [2.45, 2.75) is 62.7 Å². The molecule has 0 saturated carbocycles. The fraction of sp³-hybridized carbons (Fsp3) is 0.706. The zero-order valence-corrected chi connectivity index (χ0v) is 20.7. The average molecular weight is 572 g/mol. The third-order valence-electron chi connectivity index (χ3n) is 4.48. The van der Waals surface area contributed by atoms with Gasteiger partial charge in [-0.25, -0.2) is 4.79 Å². The van der Waals surface area contributed by atoms with Crippen molar-refractivity contribution in [3.63, 3.8) is 0 Å². The lowest BCUT2D eigenvalue weighted by Crippen LogP contribution is -2.68. The average Bonchev–Trinajstić information content (AvgIpc) is 2.72. The van der Waals surface area contributed by atoms with E-state index in [0.29, 0.717) is 6.42 Å². The van der Waals surface area contributed by atoms with E-state index in [1.807, 2.05) is 0 Å². The molecule has 0 aliphatic heterocycles. The summed E-state index contributed by atoms with van der Waals surface area (Å²) in [5, 5.41) is 30.0. The van der Waals surface area contributed by atoms with Gasteiger partial charge in [0.15, 0.2) is 0 Å². The second-order valence-electron chi connectivity index (χ2n) is 7.43. The Balaban J connectivity index is 0. The Morgan fingerprint density at radius 1 is 1.08 bits per heavy atom. The molecule has 0 aliphatic rings. The molecule has 19 heteroatoms. The third kappa shape index (κ3) is 15.4. The number of halogens is 3. The fourth-order valence-corrected chi connectivity index (χ4v) is 3.07. The van der Waals surface area contributed by atoms with E-state index in [2.05, 4.69) is 29.0 Å². The van der Waals surface area contributed by atoms with Crippen molar-refractivity contribution >= 4 is 52.5 Å². The number of carboxylic acid groups (broad SMARTS) is 3. The first-order valence-electron chi connectivity index (χ1n) is 9.93. The van der Waals surface area contributed by atoms with Gasteiger partial charge in [0.25, 0.3) is 10.1 Å².